The summed E-state index contributed by atoms with van der Waals surface area (Å²) in [4.78, 5) is 21.1. The van der Waals surface area contributed by atoms with Crippen LogP contribution in [0, 0.1) is 0 Å². The first-order valence-corrected chi connectivity index (χ1v) is 3.95. The van der Waals surface area contributed by atoms with E-state index in [2.05, 4.69) is 5.32 Å². The van der Waals surface area contributed by atoms with Crippen molar-refractivity contribution in [3.63, 3.8) is 0 Å². The maximum atomic E-state index is 10.7. The average molecular weight is 194 g/mol. The molecule has 1 aromatic rings. The van der Waals surface area contributed by atoms with Crippen LogP contribution in [0.25, 0.3) is 0 Å². The topological polar surface area (TPSA) is 92.4 Å². The maximum absolute atomic E-state index is 10.7. The highest BCUT2D eigenvalue weighted by Gasteiger charge is 2.06. The van der Waals surface area contributed by atoms with Gasteiger partial charge < -0.3 is 16.2 Å². The minimum absolute atomic E-state index is 0.148. The van der Waals surface area contributed by atoms with E-state index in [1.54, 1.807) is 12.1 Å². The SMILES string of the molecule is NC(=O)C(=O)NCc1ccc(O)cc1. The number of carbonyl (C=O) groups is 2. The van der Waals surface area contributed by atoms with E-state index < -0.39 is 11.8 Å². The maximum Gasteiger partial charge on any atom is 0.309 e. The lowest BCUT2D eigenvalue weighted by atomic mass is 10.2. The number of nitrogens with two attached hydrogens (primary N) is 1. The molecule has 5 heteroatoms. The Bertz CT molecular complexity index is 346. The standard InChI is InChI=1S/C9H10N2O3/c10-8(13)9(14)11-5-6-1-3-7(12)4-2-6/h1-4,12H,5H2,(H2,10,13)(H,11,14). The van der Waals surface area contributed by atoms with Crippen LogP contribution in [0.3, 0.4) is 0 Å². The van der Waals surface area contributed by atoms with Crippen molar-refractivity contribution in [3.05, 3.63) is 29.8 Å². The van der Waals surface area contributed by atoms with E-state index in [0.29, 0.717) is 0 Å². The molecule has 0 bridgehead atoms. The second kappa shape index (κ2) is 4.27. The summed E-state index contributed by atoms with van der Waals surface area (Å²) in [6.07, 6.45) is 0. The largest absolute Gasteiger partial charge is 0.508 e. The van der Waals surface area contributed by atoms with Gasteiger partial charge in [-0.2, -0.15) is 0 Å². The summed E-state index contributed by atoms with van der Waals surface area (Å²) in [5, 5.41) is 11.3. The first-order chi connectivity index (χ1) is 6.59. The Kier molecular flexibility index (Phi) is 3.06. The molecule has 0 spiro atoms. The molecule has 0 saturated heterocycles. The molecule has 0 heterocycles. The molecule has 0 saturated carbocycles. The fraction of sp³-hybridized carbons (Fsp3) is 0.111. The molecule has 2 amide bonds. The van der Waals surface area contributed by atoms with Crippen LogP contribution in [0.1, 0.15) is 5.56 Å². The predicted molar refractivity (Wildman–Crippen MR) is 49.1 cm³/mol. The third kappa shape index (κ3) is 2.78. The van der Waals surface area contributed by atoms with E-state index in [1.165, 1.54) is 12.1 Å². The van der Waals surface area contributed by atoms with Gasteiger partial charge in [-0.05, 0) is 17.7 Å². The van der Waals surface area contributed by atoms with Crippen molar-refractivity contribution in [1.82, 2.24) is 5.32 Å². The van der Waals surface area contributed by atoms with Gasteiger partial charge >= 0.3 is 11.8 Å². The summed E-state index contributed by atoms with van der Waals surface area (Å²) < 4.78 is 0. The van der Waals surface area contributed by atoms with Gasteiger partial charge in [0.1, 0.15) is 5.75 Å². The number of hydrogen-bond acceptors (Lipinski definition) is 3. The van der Waals surface area contributed by atoms with Gasteiger partial charge in [-0.25, -0.2) is 0 Å². The summed E-state index contributed by atoms with van der Waals surface area (Å²) in [6, 6.07) is 6.25. The normalized spacial score (nSPS) is 9.43. The first kappa shape index (κ1) is 10.0. The van der Waals surface area contributed by atoms with E-state index in [-0.39, 0.29) is 12.3 Å². The summed E-state index contributed by atoms with van der Waals surface area (Å²) in [7, 11) is 0. The van der Waals surface area contributed by atoms with Gasteiger partial charge in [-0.15, -0.1) is 0 Å². The van der Waals surface area contributed by atoms with Gasteiger partial charge in [0.05, 0.1) is 0 Å². The van der Waals surface area contributed by atoms with E-state index in [0.717, 1.165) is 5.56 Å². The number of carbonyl (C=O) groups excluding carboxylic acids is 2. The molecule has 0 aromatic heterocycles. The Hall–Kier alpha value is -2.04. The molecule has 0 aliphatic carbocycles. The number of phenolic OH excluding ortho intramolecular Hbond substituents is 1. The molecular formula is C9H10N2O3. The Morgan fingerprint density at radius 2 is 1.86 bits per heavy atom. The van der Waals surface area contributed by atoms with Gasteiger partial charge in [0.25, 0.3) is 0 Å². The zero-order valence-corrected chi connectivity index (χ0v) is 7.36. The lowest BCUT2D eigenvalue weighted by molar-refractivity contribution is -0.137. The van der Waals surface area contributed by atoms with Gasteiger partial charge in [0, 0.05) is 6.54 Å². The Morgan fingerprint density at radius 1 is 1.29 bits per heavy atom. The molecule has 1 aromatic carbocycles. The number of hydrogen-bond donors (Lipinski definition) is 3. The van der Waals surface area contributed by atoms with E-state index in [4.69, 9.17) is 10.8 Å². The lowest BCUT2D eigenvalue weighted by Gasteiger charge is -2.02. The molecule has 5 nitrogen and oxygen atoms in total. The molecule has 1 rings (SSSR count). The smallest absolute Gasteiger partial charge is 0.309 e. The lowest BCUT2D eigenvalue weighted by Crippen LogP contribution is -2.35. The summed E-state index contributed by atoms with van der Waals surface area (Å²) in [5.41, 5.74) is 5.51. The zero-order valence-electron chi connectivity index (χ0n) is 7.36. The van der Waals surface area contributed by atoms with Crippen molar-refractivity contribution in [2.45, 2.75) is 6.54 Å². The molecule has 0 radical (unpaired) electrons. The quantitative estimate of drug-likeness (QED) is 0.554. The van der Waals surface area contributed by atoms with Gasteiger partial charge in [0.15, 0.2) is 0 Å². The predicted octanol–water partition coefficient (Wildman–Crippen LogP) is -0.506. The van der Waals surface area contributed by atoms with Crippen LogP contribution < -0.4 is 11.1 Å². The summed E-state index contributed by atoms with van der Waals surface area (Å²) in [6.45, 7) is 0.210. The molecule has 4 N–H and O–H groups in total. The molecule has 0 unspecified atom stereocenters. The minimum atomic E-state index is -1.01. The van der Waals surface area contributed by atoms with Gasteiger partial charge in [-0.1, -0.05) is 12.1 Å². The van der Waals surface area contributed by atoms with Crippen LogP contribution in [-0.4, -0.2) is 16.9 Å². The number of nitrogens with one attached hydrogen (secondary N) is 1. The molecular weight excluding hydrogens is 184 g/mol. The van der Waals surface area contributed by atoms with Crippen LogP contribution in [0.4, 0.5) is 0 Å². The van der Waals surface area contributed by atoms with Crippen LogP contribution in [0.5, 0.6) is 5.75 Å². The third-order valence-corrected chi connectivity index (χ3v) is 1.61. The van der Waals surface area contributed by atoms with Crippen molar-refractivity contribution in [2.75, 3.05) is 0 Å². The summed E-state index contributed by atoms with van der Waals surface area (Å²) in [5.74, 6) is -1.68. The molecule has 0 atom stereocenters. The molecule has 0 aliphatic rings. The van der Waals surface area contributed by atoms with Crippen molar-refractivity contribution in [1.29, 1.82) is 0 Å². The Morgan fingerprint density at radius 3 is 2.36 bits per heavy atom. The molecule has 74 valence electrons. The van der Waals surface area contributed by atoms with E-state index >= 15 is 0 Å². The summed E-state index contributed by atoms with van der Waals surface area (Å²) >= 11 is 0. The third-order valence-electron chi connectivity index (χ3n) is 1.61. The van der Waals surface area contributed by atoms with Crippen LogP contribution >= 0.6 is 0 Å². The van der Waals surface area contributed by atoms with Crippen molar-refractivity contribution < 1.29 is 14.7 Å². The molecule has 14 heavy (non-hydrogen) atoms. The highest BCUT2D eigenvalue weighted by molar-refractivity contribution is 6.34. The highest BCUT2D eigenvalue weighted by atomic mass is 16.3. The van der Waals surface area contributed by atoms with Crippen LogP contribution in [-0.2, 0) is 16.1 Å². The van der Waals surface area contributed by atoms with Crippen molar-refractivity contribution in [2.24, 2.45) is 5.73 Å². The van der Waals surface area contributed by atoms with Crippen LogP contribution in [0.2, 0.25) is 0 Å². The monoisotopic (exact) mass is 194 g/mol. The number of primary amides is 1. The minimum Gasteiger partial charge on any atom is -0.508 e. The Balaban J connectivity index is 2.50. The fourth-order valence-corrected chi connectivity index (χ4v) is 0.883. The zero-order chi connectivity index (χ0) is 10.6. The second-order valence-electron chi connectivity index (χ2n) is 2.71. The number of benzene rings is 1. The highest BCUT2D eigenvalue weighted by Crippen LogP contribution is 2.08. The molecule has 0 aliphatic heterocycles. The first-order valence-electron chi connectivity index (χ1n) is 3.95. The number of phenols is 1. The van der Waals surface area contributed by atoms with E-state index in [1.807, 2.05) is 0 Å². The average Bonchev–Trinajstić information content (AvgIpc) is 2.16. The number of amides is 2. The van der Waals surface area contributed by atoms with Gasteiger partial charge in [0.2, 0.25) is 0 Å². The Labute approximate surface area is 80.5 Å². The van der Waals surface area contributed by atoms with Crippen LogP contribution in [0.15, 0.2) is 24.3 Å². The van der Waals surface area contributed by atoms with Gasteiger partial charge in [-0.3, -0.25) is 9.59 Å². The van der Waals surface area contributed by atoms with Crippen molar-refractivity contribution in [3.8, 4) is 5.75 Å². The number of rotatable bonds is 2. The fourth-order valence-electron chi connectivity index (χ4n) is 0.883. The molecule has 0 fully saturated rings. The van der Waals surface area contributed by atoms with Crippen molar-refractivity contribution >= 4 is 11.8 Å². The number of aromatic hydroxyl groups is 1. The van der Waals surface area contributed by atoms with E-state index in [9.17, 15) is 9.59 Å². The second-order valence-corrected chi connectivity index (χ2v) is 2.71.